The Hall–Kier alpha value is -1.18. The molecule has 1 aromatic rings. The molecule has 0 aromatic heterocycles. The summed E-state index contributed by atoms with van der Waals surface area (Å²) in [6, 6.07) is 3.75. The summed E-state index contributed by atoms with van der Waals surface area (Å²) in [5.41, 5.74) is -1.05. The van der Waals surface area contributed by atoms with Crippen molar-refractivity contribution >= 4 is 34.5 Å². The third-order valence-electron chi connectivity index (χ3n) is 2.79. The van der Waals surface area contributed by atoms with Crippen LogP contribution in [0, 0.1) is 9.39 Å². The normalized spacial score (nSPS) is 13.7. The lowest BCUT2D eigenvalue weighted by Crippen LogP contribution is -2.52. The smallest absolute Gasteiger partial charge is 0.329 e. The van der Waals surface area contributed by atoms with Crippen LogP contribution in [0.15, 0.2) is 18.2 Å². The minimum atomic E-state index is -1.32. The van der Waals surface area contributed by atoms with Gasteiger partial charge in [-0.1, -0.05) is 13.3 Å². The van der Waals surface area contributed by atoms with Gasteiger partial charge in [0.1, 0.15) is 11.4 Å². The molecule has 4 nitrogen and oxygen atoms in total. The fraction of sp³-hybridized carbons (Fsp3) is 0.385. The summed E-state index contributed by atoms with van der Waals surface area (Å²) in [6.07, 6.45) is 0.954. The molecule has 6 heteroatoms. The molecule has 2 N–H and O–H groups in total. The van der Waals surface area contributed by atoms with Gasteiger partial charge in [-0.05, 0) is 54.1 Å². The lowest BCUT2D eigenvalue weighted by molar-refractivity contribution is -0.144. The SMILES string of the molecule is CCCC(C)(NC(=O)c1ccc(F)cc1I)C(=O)O. The first-order valence-electron chi connectivity index (χ1n) is 5.81. The molecule has 0 saturated carbocycles. The van der Waals surface area contributed by atoms with E-state index in [1.165, 1.54) is 25.1 Å². The van der Waals surface area contributed by atoms with E-state index in [0.717, 1.165) is 0 Å². The highest BCUT2D eigenvalue weighted by atomic mass is 127. The van der Waals surface area contributed by atoms with Crippen molar-refractivity contribution in [2.75, 3.05) is 0 Å². The summed E-state index contributed by atoms with van der Waals surface area (Å²) < 4.78 is 13.4. The Morgan fingerprint density at radius 3 is 2.58 bits per heavy atom. The predicted octanol–water partition coefficient (Wildman–Crippen LogP) is 2.80. The van der Waals surface area contributed by atoms with E-state index in [0.29, 0.717) is 16.4 Å². The van der Waals surface area contributed by atoms with Crippen molar-refractivity contribution in [3.05, 3.63) is 33.1 Å². The molecule has 0 fully saturated rings. The summed E-state index contributed by atoms with van der Waals surface area (Å²) in [5, 5.41) is 11.7. The largest absolute Gasteiger partial charge is 0.480 e. The topological polar surface area (TPSA) is 66.4 Å². The molecule has 19 heavy (non-hydrogen) atoms. The van der Waals surface area contributed by atoms with Crippen molar-refractivity contribution in [2.45, 2.75) is 32.2 Å². The number of carbonyl (C=O) groups is 2. The third-order valence-corrected chi connectivity index (χ3v) is 3.68. The third kappa shape index (κ3) is 3.89. The molecular weight excluding hydrogens is 364 g/mol. The van der Waals surface area contributed by atoms with Gasteiger partial charge >= 0.3 is 5.97 Å². The zero-order valence-corrected chi connectivity index (χ0v) is 12.8. The lowest BCUT2D eigenvalue weighted by atomic mass is 9.96. The van der Waals surface area contributed by atoms with E-state index >= 15 is 0 Å². The van der Waals surface area contributed by atoms with Crippen molar-refractivity contribution in [3.63, 3.8) is 0 Å². The highest BCUT2D eigenvalue weighted by Gasteiger charge is 2.34. The Kier molecular flexibility index (Phi) is 5.28. The predicted molar refractivity (Wildman–Crippen MR) is 77.5 cm³/mol. The second-order valence-corrected chi connectivity index (χ2v) is 5.63. The summed E-state index contributed by atoms with van der Waals surface area (Å²) in [4.78, 5) is 23.3. The summed E-state index contributed by atoms with van der Waals surface area (Å²) in [7, 11) is 0. The van der Waals surface area contributed by atoms with Crippen LogP contribution in [-0.2, 0) is 4.79 Å². The van der Waals surface area contributed by atoms with E-state index in [1.54, 1.807) is 0 Å². The standard InChI is InChI=1S/C13H15FINO3/c1-3-6-13(2,12(18)19)16-11(17)9-5-4-8(14)7-10(9)15/h4-5,7H,3,6H2,1-2H3,(H,16,17)(H,18,19). The van der Waals surface area contributed by atoms with Gasteiger partial charge < -0.3 is 10.4 Å². The van der Waals surface area contributed by atoms with Crippen LogP contribution < -0.4 is 5.32 Å². The number of carbonyl (C=O) groups excluding carboxylic acids is 1. The fourth-order valence-corrected chi connectivity index (χ4v) is 2.44. The van der Waals surface area contributed by atoms with Crippen molar-refractivity contribution in [1.29, 1.82) is 0 Å². The number of amides is 1. The molecule has 1 aromatic carbocycles. The van der Waals surface area contributed by atoms with E-state index in [4.69, 9.17) is 0 Å². The molecule has 1 rings (SSSR count). The Morgan fingerprint density at radius 2 is 2.11 bits per heavy atom. The first-order valence-corrected chi connectivity index (χ1v) is 6.89. The maximum atomic E-state index is 13.0. The second-order valence-electron chi connectivity index (χ2n) is 4.47. The number of nitrogens with one attached hydrogen (secondary N) is 1. The van der Waals surface area contributed by atoms with E-state index in [9.17, 15) is 19.1 Å². The number of rotatable bonds is 5. The van der Waals surface area contributed by atoms with Crippen LogP contribution in [0.1, 0.15) is 37.0 Å². The lowest BCUT2D eigenvalue weighted by Gasteiger charge is -2.26. The molecule has 0 aliphatic carbocycles. The molecule has 0 radical (unpaired) electrons. The summed E-state index contributed by atoms with van der Waals surface area (Å²) in [6.45, 7) is 3.31. The van der Waals surface area contributed by atoms with Crippen molar-refractivity contribution in [1.82, 2.24) is 5.32 Å². The highest BCUT2D eigenvalue weighted by molar-refractivity contribution is 14.1. The van der Waals surface area contributed by atoms with Crippen molar-refractivity contribution in [2.24, 2.45) is 0 Å². The van der Waals surface area contributed by atoms with Crippen LogP contribution in [0.5, 0.6) is 0 Å². The maximum absolute atomic E-state index is 13.0. The summed E-state index contributed by atoms with van der Waals surface area (Å²) >= 11 is 1.84. The van der Waals surface area contributed by atoms with E-state index in [2.05, 4.69) is 5.32 Å². The Balaban J connectivity index is 2.97. The highest BCUT2D eigenvalue weighted by Crippen LogP contribution is 2.17. The number of carboxylic acids is 1. The molecule has 0 heterocycles. The number of hydrogen-bond donors (Lipinski definition) is 2. The average molecular weight is 379 g/mol. The summed E-state index contributed by atoms with van der Waals surface area (Å²) in [5.74, 6) is -2.03. The van der Waals surface area contributed by atoms with Crippen molar-refractivity contribution in [3.8, 4) is 0 Å². The molecule has 1 amide bonds. The van der Waals surface area contributed by atoms with Crippen LogP contribution in [0.25, 0.3) is 0 Å². The monoisotopic (exact) mass is 379 g/mol. The van der Waals surface area contributed by atoms with Gasteiger partial charge in [-0.2, -0.15) is 0 Å². The van der Waals surface area contributed by atoms with Crippen LogP contribution in [0.2, 0.25) is 0 Å². The number of hydrogen-bond acceptors (Lipinski definition) is 2. The number of benzene rings is 1. The molecule has 104 valence electrons. The van der Waals surface area contributed by atoms with E-state index < -0.39 is 23.2 Å². The maximum Gasteiger partial charge on any atom is 0.329 e. The molecule has 1 atom stereocenters. The van der Waals surface area contributed by atoms with Crippen LogP contribution >= 0.6 is 22.6 Å². The van der Waals surface area contributed by atoms with Gasteiger partial charge in [-0.15, -0.1) is 0 Å². The molecule has 0 saturated heterocycles. The van der Waals surface area contributed by atoms with Crippen LogP contribution in [0.3, 0.4) is 0 Å². The van der Waals surface area contributed by atoms with Gasteiger partial charge in [-0.25, -0.2) is 9.18 Å². The van der Waals surface area contributed by atoms with E-state index in [-0.39, 0.29) is 5.56 Å². The van der Waals surface area contributed by atoms with Gasteiger partial charge in [0.05, 0.1) is 5.56 Å². The van der Waals surface area contributed by atoms with Crippen LogP contribution in [-0.4, -0.2) is 22.5 Å². The van der Waals surface area contributed by atoms with Crippen LogP contribution in [0.4, 0.5) is 4.39 Å². The zero-order chi connectivity index (χ0) is 14.6. The average Bonchev–Trinajstić information content (AvgIpc) is 2.28. The number of aliphatic carboxylic acids is 1. The molecule has 1 unspecified atom stereocenters. The minimum Gasteiger partial charge on any atom is -0.480 e. The Bertz CT molecular complexity index is 507. The van der Waals surface area contributed by atoms with Crippen molar-refractivity contribution < 1.29 is 19.1 Å². The molecular formula is C13H15FINO3. The first-order chi connectivity index (χ1) is 8.80. The molecule has 0 bridgehead atoms. The Labute approximate surface area is 124 Å². The van der Waals surface area contributed by atoms with Gasteiger partial charge in [0.15, 0.2) is 0 Å². The quantitative estimate of drug-likeness (QED) is 0.774. The van der Waals surface area contributed by atoms with E-state index in [1.807, 2.05) is 29.5 Å². The molecule has 0 spiro atoms. The minimum absolute atomic E-state index is 0.269. The zero-order valence-electron chi connectivity index (χ0n) is 10.7. The Morgan fingerprint density at radius 1 is 1.47 bits per heavy atom. The fourth-order valence-electron chi connectivity index (χ4n) is 1.71. The number of carboxylic acid groups (broad SMARTS) is 1. The molecule has 0 aliphatic rings. The van der Waals surface area contributed by atoms with Gasteiger partial charge in [0, 0.05) is 3.57 Å². The molecule has 0 aliphatic heterocycles. The first kappa shape index (κ1) is 15.9. The second kappa shape index (κ2) is 6.31. The van der Waals surface area contributed by atoms with Gasteiger partial charge in [0.25, 0.3) is 5.91 Å². The van der Waals surface area contributed by atoms with Gasteiger partial charge in [0.2, 0.25) is 0 Å². The number of halogens is 2. The van der Waals surface area contributed by atoms with Gasteiger partial charge in [-0.3, -0.25) is 4.79 Å².